The molecule has 0 spiro atoms. The number of halogens is 2. The number of hydrogen-bond donors (Lipinski definition) is 2. The molecular weight excluding hydrogens is 236 g/mol. The summed E-state index contributed by atoms with van der Waals surface area (Å²) < 4.78 is 26.7. The van der Waals surface area contributed by atoms with Crippen molar-refractivity contribution in [2.24, 2.45) is 5.92 Å². The molecule has 2 aromatic rings. The molecule has 0 bridgehead atoms. The Morgan fingerprint density at radius 1 is 1.33 bits per heavy atom. The quantitative estimate of drug-likeness (QED) is 0.818. The first-order chi connectivity index (χ1) is 8.65. The number of H-pyrrole nitrogens is 1. The van der Waals surface area contributed by atoms with Gasteiger partial charge in [-0.15, -0.1) is 0 Å². The Kier molecular flexibility index (Phi) is 2.78. The fourth-order valence-electron chi connectivity index (χ4n) is 2.62. The monoisotopic (exact) mass is 251 g/mol. The van der Waals surface area contributed by atoms with E-state index in [9.17, 15) is 8.78 Å². The minimum absolute atomic E-state index is 0.0913. The summed E-state index contributed by atoms with van der Waals surface area (Å²) in [6.45, 7) is 3.07. The van der Waals surface area contributed by atoms with Crippen molar-refractivity contribution in [3.63, 3.8) is 0 Å². The Bertz CT molecular complexity index is 579. The summed E-state index contributed by atoms with van der Waals surface area (Å²) in [6.07, 6.45) is 2.26. The molecule has 3 rings (SSSR count). The topological polar surface area (TPSA) is 40.7 Å². The number of nitrogens with zero attached hydrogens (tertiary/aromatic N) is 1. The minimum Gasteiger partial charge on any atom is -0.340 e. The summed E-state index contributed by atoms with van der Waals surface area (Å²) in [5.74, 6) is -0.0651. The first-order valence-electron chi connectivity index (χ1n) is 6.23. The van der Waals surface area contributed by atoms with Crippen LogP contribution in [0.25, 0.3) is 11.0 Å². The van der Waals surface area contributed by atoms with Crippen molar-refractivity contribution < 1.29 is 8.78 Å². The van der Waals surface area contributed by atoms with E-state index >= 15 is 0 Å². The van der Waals surface area contributed by atoms with Gasteiger partial charge in [0.25, 0.3) is 0 Å². The zero-order chi connectivity index (χ0) is 12.7. The molecule has 1 aromatic carbocycles. The Morgan fingerprint density at radius 2 is 2.17 bits per heavy atom. The summed E-state index contributed by atoms with van der Waals surface area (Å²) in [7, 11) is 0. The summed E-state index contributed by atoms with van der Waals surface area (Å²) in [6, 6.07) is 2.24. The van der Waals surface area contributed by atoms with Gasteiger partial charge in [0, 0.05) is 6.07 Å². The summed E-state index contributed by atoms with van der Waals surface area (Å²) in [5, 5.41) is 3.37. The lowest BCUT2D eigenvalue weighted by molar-refractivity contribution is 0.296. The molecule has 3 nitrogen and oxygen atoms in total. The van der Waals surface area contributed by atoms with E-state index in [1.807, 2.05) is 0 Å². The molecule has 2 unspecified atom stereocenters. The highest BCUT2D eigenvalue weighted by Gasteiger charge is 2.25. The van der Waals surface area contributed by atoms with E-state index in [2.05, 4.69) is 22.2 Å². The van der Waals surface area contributed by atoms with Gasteiger partial charge in [0.15, 0.2) is 5.82 Å². The van der Waals surface area contributed by atoms with E-state index in [0.29, 0.717) is 17.3 Å². The maximum Gasteiger partial charge on any atom is 0.153 e. The Labute approximate surface area is 104 Å². The highest BCUT2D eigenvalue weighted by Crippen LogP contribution is 2.29. The summed E-state index contributed by atoms with van der Waals surface area (Å²) >= 11 is 0. The van der Waals surface area contributed by atoms with Crippen molar-refractivity contribution in [2.45, 2.75) is 25.8 Å². The van der Waals surface area contributed by atoms with E-state index in [1.54, 1.807) is 0 Å². The van der Waals surface area contributed by atoms with Crippen LogP contribution in [0.4, 0.5) is 8.78 Å². The molecular formula is C13H15F2N3. The van der Waals surface area contributed by atoms with Crippen LogP contribution in [0.15, 0.2) is 12.1 Å². The molecule has 1 aliphatic rings. The first-order valence-corrected chi connectivity index (χ1v) is 6.23. The lowest BCUT2D eigenvalue weighted by Gasteiger charge is -2.28. The lowest BCUT2D eigenvalue weighted by Crippen LogP contribution is -2.33. The normalized spacial score (nSPS) is 24.6. The average molecular weight is 251 g/mol. The van der Waals surface area contributed by atoms with Crippen LogP contribution in [-0.4, -0.2) is 16.5 Å². The van der Waals surface area contributed by atoms with Gasteiger partial charge in [-0.1, -0.05) is 6.92 Å². The van der Waals surface area contributed by atoms with Crippen LogP contribution < -0.4 is 5.32 Å². The zero-order valence-corrected chi connectivity index (χ0v) is 10.1. The van der Waals surface area contributed by atoms with Gasteiger partial charge in [-0.3, -0.25) is 0 Å². The number of piperidine rings is 1. The number of imidazole rings is 1. The van der Waals surface area contributed by atoms with E-state index in [-0.39, 0.29) is 11.6 Å². The molecule has 2 N–H and O–H groups in total. The molecule has 18 heavy (non-hydrogen) atoms. The highest BCUT2D eigenvalue weighted by atomic mass is 19.1. The van der Waals surface area contributed by atoms with Gasteiger partial charge in [0.1, 0.15) is 17.2 Å². The van der Waals surface area contributed by atoms with Crippen molar-refractivity contribution in [1.29, 1.82) is 0 Å². The van der Waals surface area contributed by atoms with Crippen LogP contribution in [0.2, 0.25) is 0 Å². The number of aromatic nitrogens is 2. The van der Waals surface area contributed by atoms with Crippen LogP contribution in [0, 0.1) is 17.6 Å². The first kappa shape index (κ1) is 11.6. The molecule has 2 atom stereocenters. The Balaban J connectivity index is 2.05. The van der Waals surface area contributed by atoms with E-state index in [0.717, 1.165) is 25.5 Å². The predicted octanol–water partition coefficient (Wildman–Crippen LogP) is 2.90. The average Bonchev–Trinajstić information content (AvgIpc) is 2.73. The number of benzene rings is 1. The molecule has 1 aliphatic heterocycles. The Morgan fingerprint density at radius 3 is 2.94 bits per heavy atom. The molecule has 96 valence electrons. The van der Waals surface area contributed by atoms with Crippen LogP contribution in [-0.2, 0) is 0 Å². The maximum atomic E-state index is 13.6. The van der Waals surface area contributed by atoms with Gasteiger partial charge in [-0.2, -0.15) is 0 Å². The largest absolute Gasteiger partial charge is 0.340 e. The lowest BCUT2D eigenvalue weighted by atomic mass is 9.92. The van der Waals surface area contributed by atoms with E-state index in [4.69, 9.17) is 0 Å². The fraction of sp³-hybridized carbons (Fsp3) is 0.462. The van der Waals surface area contributed by atoms with E-state index < -0.39 is 11.6 Å². The molecule has 0 amide bonds. The van der Waals surface area contributed by atoms with E-state index in [1.165, 1.54) is 6.07 Å². The van der Waals surface area contributed by atoms with Gasteiger partial charge in [-0.25, -0.2) is 13.8 Å². The molecule has 0 radical (unpaired) electrons. The molecule has 2 heterocycles. The number of hydrogen-bond acceptors (Lipinski definition) is 2. The second-order valence-corrected chi connectivity index (χ2v) is 4.96. The maximum absolute atomic E-state index is 13.6. The number of rotatable bonds is 1. The van der Waals surface area contributed by atoms with Crippen molar-refractivity contribution in [2.75, 3.05) is 6.54 Å². The van der Waals surface area contributed by atoms with Gasteiger partial charge in [0.2, 0.25) is 0 Å². The smallest absolute Gasteiger partial charge is 0.153 e. The van der Waals surface area contributed by atoms with Crippen molar-refractivity contribution >= 4 is 11.0 Å². The third-order valence-electron chi connectivity index (χ3n) is 3.59. The molecule has 1 saturated heterocycles. The van der Waals surface area contributed by atoms with Crippen LogP contribution in [0.3, 0.4) is 0 Å². The van der Waals surface area contributed by atoms with Crippen molar-refractivity contribution in [3.05, 3.63) is 29.6 Å². The van der Waals surface area contributed by atoms with Gasteiger partial charge < -0.3 is 10.3 Å². The third kappa shape index (κ3) is 1.88. The molecule has 5 heteroatoms. The van der Waals surface area contributed by atoms with Crippen molar-refractivity contribution in [1.82, 2.24) is 15.3 Å². The number of aromatic amines is 1. The van der Waals surface area contributed by atoms with Gasteiger partial charge in [-0.05, 0) is 31.4 Å². The van der Waals surface area contributed by atoms with Gasteiger partial charge in [0.05, 0.1) is 11.6 Å². The van der Waals surface area contributed by atoms with Crippen LogP contribution >= 0.6 is 0 Å². The second-order valence-electron chi connectivity index (χ2n) is 4.96. The third-order valence-corrected chi connectivity index (χ3v) is 3.59. The summed E-state index contributed by atoms with van der Waals surface area (Å²) in [4.78, 5) is 7.29. The molecule has 0 saturated carbocycles. The minimum atomic E-state index is -0.615. The number of nitrogens with one attached hydrogen (secondary N) is 2. The molecule has 0 aliphatic carbocycles. The number of fused-ring (bicyclic) bond motifs is 1. The summed E-state index contributed by atoms with van der Waals surface area (Å²) in [5.41, 5.74) is 0.632. The molecule has 1 fully saturated rings. The highest BCUT2D eigenvalue weighted by molar-refractivity contribution is 5.75. The van der Waals surface area contributed by atoms with Crippen molar-refractivity contribution in [3.8, 4) is 0 Å². The zero-order valence-electron chi connectivity index (χ0n) is 10.1. The van der Waals surface area contributed by atoms with Crippen LogP contribution in [0.5, 0.6) is 0 Å². The fourth-order valence-corrected chi connectivity index (χ4v) is 2.62. The second kappa shape index (κ2) is 4.31. The van der Waals surface area contributed by atoms with Crippen LogP contribution in [0.1, 0.15) is 31.6 Å². The predicted molar refractivity (Wildman–Crippen MR) is 65.2 cm³/mol. The standard InChI is InChI=1S/C13H15F2N3/c1-7-3-2-4-16-11(7)13-17-10-6-8(14)5-9(15)12(10)18-13/h5-7,11,16H,2-4H2,1H3,(H,17,18). The Hall–Kier alpha value is -1.49. The molecule has 1 aromatic heterocycles. The van der Waals surface area contributed by atoms with Gasteiger partial charge >= 0.3 is 0 Å². The SMILES string of the molecule is CC1CCCNC1c1nc2c(F)cc(F)cc2[nH]1.